The van der Waals surface area contributed by atoms with Crippen molar-refractivity contribution in [1.82, 2.24) is 15.0 Å². The van der Waals surface area contributed by atoms with Crippen LogP contribution >= 0.6 is 11.6 Å². The lowest BCUT2D eigenvalue weighted by atomic mass is 10.3. The van der Waals surface area contributed by atoms with Crippen LogP contribution in [0.3, 0.4) is 0 Å². The van der Waals surface area contributed by atoms with Gasteiger partial charge in [0.1, 0.15) is 5.52 Å². The Hall–Kier alpha value is -1.81. The Bertz CT molecular complexity index is 699. The molecule has 0 fully saturated rings. The van der Waals surface area contributed by atoms with Crippen molar-refractivity contribution in [3.05, 3.63) is 34.8 Å². The number of rotatable bonds is 1. The fourth-order valence-electron chi connectivity index (χ4n) is 1.86. The fraction of sp³-hybridized carbons (Fsp3) is 0.167. The van der Waals surface area contributed by atoms with Gasteiger partial charge in [-0.05, 0) is 19.1 Å². The van der Waals surface area contributed by atoms with E-state index in [0.717, 1.165) is 16.7 Å². The van der Waals surface area contributed by atoms with Gasteiger partial charge in [-0.15, -0.1) is 0 Å². The molecule has 86 valence electrons. The number of fused-ring (bicyclic) bond motifs is 1. The number of nitrogens with zero attached hydrogens (tertiary/aromatic N) is 2. The highest BCUT2D eigenvalue weighted by Gasteiger charge is 2.14. The maximum Gasteiger partial charge on any atom is 0.192 e. The van der Waals surface area contributed by atoms with Gasteiger partial charge >= 0.3 is 0 Å². The molecule has 0 radical (unpaired) electrons. The summed E-state index contributed by atoms with van der Waals surface area (Å²) in [6.45, 7) is 3.70. The van der Waals surface area contributed by atoms with Crippen LogP contribution in [0.25, 0.3) is 22.6 Å². The number of H-pyrrole nitrogens is 1. The second kappa shape index (κ2) is 3.60. The number of nitrogens with one attached hydrogen (secondary N) is 1. The van der Waals surface area contributed by atoms with Crippen LogP contribution in [0.2, 0.25) is 5.02 Å². The third-order valence-corrected chi connectivity index (χ3v) is 2.89. The Morgan fingerprint density at radius 2 is 2.06 bits per heavy atom. The highest BCUT2D eigenvalue weighted by Crippen LogP contribution is 2.27. The zero-order chi connectivity index (χ0) is 12.0. The van der Waals surface area contributed by atoms with Crippen molar-refractivity contribution in [3.8, 4) is 11.6 Å². The first-order valence-electron chi connectivity index (χ1n) is 5.24. The minimum Gasteiger partial charge on any atom is -0.437 e. The van der Waals surface area contributed by atoms with Crippen LogP contribution in [0.4, 0.5) is 0 Å². The van der Waals surface area contributed by atoms with E-state index in [4.69, 9.17) is 16.0 Å². The van der Waals surface area contributed by atoms with E-state index in [9.17, 15) is 0 Å². The molecule has 0 unspecified atom stereocenters. The fourth-order valence-corrected chi connectivity index (χ4v) is 2.07. The highest BCUT2D eigenvalue weighted by atomic mass is 35.5. The summed E-state index contributed by atoms with van der Waals surface area (Å²) < 4.78 is 5.52. The summed E-state index contributed by atoms with van der Waals surface area (Å²) >= 11 is 6.07. The smallest absolute Gasteiger partial charge is 0.192 e. The second-order valence-electron chi connectivity index (χ2n) is 3.87. The Labute approximate surface area is 103 Å². The van der Waals surface area contributed by atoms with Gasteiger partial charge in [0, 0.05) is 6.92 Å². The maximum absolute atomic E-state index is 6.07. The quantitative estimate of drug-likeness (QED) is 0.716. The van der Waals surface area contributed by atoms with Gasteiger partial charge < -0.3 is 9.40 Å². The molecular weight excluding hydrogens is 238 g/mol. The molecular formula is C12H10ClN3O. The van der Waals surface area contributed by atoms with E-state index >= 15 is 0 Å². The van der Waals surface area contributed by atoms with Crippen LogP contribution < -0.4 is 0 Å². The summed E-state index contributed by atoms with van der Waals surface area (Å²) in [6, 6.07) is 5.62. The van der Waals surface area contributed by atoms with E-state index in [1.54, 1.807) is 0 Å². The Morgan fingerprint density at radius 1 is 1.24 bits per heavy atom. The number of benzene rings is 1. The molecule has 2 aromatic heterocycles. The largest absolute Gasteiger partial charge is 0.437 e. The van der Waals surface area contributed by atoms with Crippen molar-refractivity contribution in [2.24, 2.45) is 0 Å². The number of hydrogen-bond acceptors (Lipinski definition) is 3. The van der Waals surface area contributed by atoms with E-state index in [1.807, 2.05) is 32.0 Å². The first-order valence-corrected chi connectivity index (χ1v) is 5.61. The maximum atomic E-state index is 6.07. The van der Waals surface area contributed by atoms with Crippen LogP contribution in [0, 0.1) is 13.8 Å². The standard InChI is InChI=1S/C12H10ClN3O/c1-6-11(17-7(2)14-6)12-15-9-5-3-4-8(13)10(9)16-12/h3-5H,1-2H3,(H,15,16). The monoisotopic (exact) mass is 247 g/mol. The average Bonchev–Trinajstić information content (AvgIpc) is 2.82. The van der Waals surface area contributed by atoms with Crippen molar-refractivity contribution in [3.63, 3.8) is 0 Å². The lowest BCUT2D eigenvalue weighted by molar-refractivity contribution is 0.531. The zero-order valence-electron chi connectivity index (χ0n) is 9.41. The minimum atomic E-state index is 0.624. The summed E-state index contributed by atoms with van der Waals surface area (Å²) in [5.41, 5.74) is 2.45. The van der Waals surface area contributed by atoms with E-state index in [0.29, 0.717) is 22.5 Å². The third kappa shape index (κ3) is 1.61. The topological polar surface area (TPSA) is 54.7 Å². The molecule has 0 saturated carbocycles. The SMILES string of the molecule is Cc1nc(C)c(-c2nc3c(Cl)cccc3[nH]2)o1. The third-order valence-electron chi connectivity index (χ3n) is 2.58. The number of aryl methyl sites for hydroxylation is 2. The molecule has 0 aliphatic carbocycles. The lowest BCUT2D eigenvalue weighted by Gasteiger charge is -1.89. The van der Waals surface area contributed by atoms with Gasteiger partial charge in [0.25, 0.3) is 0 Å². The molecule has 17 heavy (non-hydrogen) atoms. The summed E-state index contributed by atoms with van der Waals surface area (Å²) in [4.78, 5) is 11.8. The van der Waals surface area contributed by atoms with Gasteiger partial charge in [0.15, 0.2) is 17.5 Å². The predicted octanol–water partition coefficient (Wildman–Crippen LogP) is 3.49. The number of imidazole rings is 1. The molecule has 0 amide bonds. The van der Waals surface area contributed by atoms with Gasteiger partial charge in [0.2, 0.25) is 0 Å². The van der Waals surface area contributed by atoms with Gasteiger partial charge in [-0.2, -0.15) is 0 Å². The van der Waals surface area contributed by atoms with Crippen molar-refractivity contribution >= 4 is 22.6 Å². The van der Waals surface area contributed by atoms with Crippen molar-refractivity contribution in [1.29, 1.82) is 0 Å². The minimum absolute atomic E-state index is 0.624. The summed E-state index contributed by atoms with van der Waals surface area (Å²) in [5.74, 6) is 1.95. The van der Waals surface area contributed by atoms with Crippen molar-refractivity contribution in [2.45, 2.75) is 13.8 Å². The number of para-hydroxylation sites is 1. The van der Waals surface area contributed by atoms with Crippen LogP contribution in [0.1, 0.15) is 11.6 Å². The first-order chi connectivity index (χ1) is 8.15. The van der Waals surface area contributed by atoms with E-state index in [2.05, 4.69) is 15.0 Å². The Morgan fingerprint density at radius 3 is 2.71 bits per heavy atom. The summed E-state index contributed by atoms with van der Waals surface area (Å²) in [7, 11) is 0. The average molecular weight is 248 g/mol. The molecule has 5 heteroatoms. The molecule has 2 heterocycles. The van der Waals surface area contributed by atoms with E-state index in [-0.39, 0.29) is 0 Å². The number of halogens is 1. The molecule has 0 spiro atoms. The zero-order valence-corrected chi connectivity index (χ0v) is 10.2. The molecule has 0 bridgehead atoms. The molecule has 4 nitrogen and oxygen atoms in total. The van der Waals surface area contributed by atoms with Crippen molar-refractivity contribution in [2.75, 3.05) is 0 Å². The Kier molecular flexibility index (Phi) is 2.19. The Balaban J connectivity index is 2.25. The van der Waals surface area contributed by atoms with Crippen LogP contribution in [-0.4, -0.2) is 15.0 Å². The van der Waals surface area contributed by atoms with Gasteiger partial charge in [-0.1, -0.05) is 17.7 Å². The van der Waals surface area contributed by atoms with E-state index < -0.39 is 0 Å². The normalized spacial score (nSPS) is 11.2. The predicted molar refractivity (Wildman–Crippen MR) is 66.1 cm³/mol. The van der Waals surface area contributed by atoms with Crippen LogP contribution in [0.5, 0.6) is 0 Å². The van der Waals surface area contributed by atoms with Gasteiger partial charge in [0.05, 0.1) is 16.2 Å². The molecule has 0 atom stereocenters. The first kappa shape index (κ1) is 10.4. The number of aromatic nitrogens is 3. The molecule has 0 saturated heterocycles. The van der Waals surface area contributed by atoms with Gasteiger partial charge in [-0.3, -0.25) is 0 Å². The highest BCUT2D eigenvalue weighted by molar-refractivity contribution is 6.34. The lowest BCUT2D eigenvalue weighted by Crippen LogP contribution is -1.80. The second-order valence-corrected chi connectivity index (χ2v) is 4.28. The van der Waals surface area contributed by atoms with Crippen molar-refractivity contribution < 1.29 is 4.42 Å². The molecule has 0 aliphatic rings. The summed E-state index contributed by atoms with van der Waals surface area (Å²) in [6.07, 6.45) is 0. The molecule has 0 aliphatic heterocycles. The van der Waals surface area contributed by atoms with Crippen LogP contribution in [0.15, 0.2) is 22.6 Å². The van der Waals surface area contributed by atoms with Crippen LogP contribution in [-0.2, 0) is 0 Å². The molecule has 3 aromatic rings. The van der Waals surface area contributed by atoms with Gasteiger partial charge in [-0.25, -0.2) is 9.97 Å². The molecule has 1 N–H and O–H groups in total. The molecule has 3 rings (SSSR count). The number of aromatic amines is 1. The summed E-state index contributed by atoms with van der Waals surface area (Å²) in [5, 5.41) is 0.624. The number of oxazole rings is 1. The van der Waals surface area contributed by atoms with E-state index in [1.165, 1.54) is 0 Å². The molecule has 1 aromatic carbocycles. The number of hydrogen-bond donors (Lipinski definition) is 1.